The van der Waals surface area contributed by atoms with Crippen LogP contribution in [0.1, 0.15) is 36.5 Å². The van der Waals surface area contributed by atoms with Crippen molar-refractivity contribution in [2.75, 3.05) is 25.6 Å². The first-order valence-electron chi connectivity index (χ1n) is 6.87. The summed E-state index contributed by atoms with van der Waals surface area (Å²) in [4.78, 5) is 22.9. The van der Waals surface area contributed by atoms with Crippen LogP contribution in [-0.2, 0) is 9.53 Å². The highest BCUT2D eigenvalue weighted by molar-refractivity contribution is 6.01. The third-order valence-corrected chi connectivity index (χ3v) is 2.86. The standard InChI is InChI=1S/C15H21NO5/c1-3-4-5-8-21-10-14(17)16-13-7-6-11(20-2)9-12(13)15(18)19/h6-7,9H,3-5,8,10H2,1-2H3,(H,16,17)(H,18,19). The maximum Gasteiger partial charge on any atom is 0.337 e. The van der Waals surface area contributed by atoms with E-state index in [4.69, 9.17) is 14.6 Å². The molecule has 0 unspecified atom stereocenters. The number of aromatic carboxylic acids is 1. The summed E-state index contributed by atoms with van der Waals surface area (Å²) in [6, 6.07) is 4.45. The van der Waals surface area contributed by atoms with Gasteiger partial charge in [0, 0.05) is 6.61 Å². The minimum atomic E-state index is -1.13. The van der Waals surface area contributed by atoms with E-state index >= 15 is 0 Å². The molecule has 1 amide bonds. The lowest BCUT2D eigenvalue weighted by molar-refractivity contribution is -0.120. The number of carboxylic acids is 1. The van der Waals surface area contributed by atoms with Gasteiger partial charge in [-0.05, 0) is 24.6 Å². The van der Waals surface area contributed by atoms with Gasteiger partial charge in [-0.3, -0.25) is 4.79 Å². The Hall–Kier alpha value is -2.08. The highest BCUT2D eigenvalue weighted by atomic mass is 16.5. The van der Waals surface area contributed by atoms with Crippen LogP contribution < -0.4 is 10.1 Å². The largest absolute Gasteiger partial charge is 0.497 e. The number of amides is 1. The molecule has 0 heterocycles. The molecule has 2 N–H and O–H groups in total. The van der Waals surface area contributed by atoms with E-state index in [0.29, 0.717) is 12.4 Å². The molecule has 21 heavy (non-hydrogen) atoms. The maximum atomic E-state index is 11.7. The quantitative estimate of drug-likeness (QED) is 0.684. The predicted octanol–water partition coefficient (Wildman–Crippen LogP) is 2.54. The molecule has 0 spiro atoms. The fraction of sp³-hybridized carbons (Fsp3) is 0.467. The summed E-state index contributed by atoms with van der Waals surface area (Å²) >= 11 is 0. The monoisotopic (exact) mass is 295 g/mol. The molecule has 1 aromatic carbocycles. The number of nitrogens with one attached hydrogen (secondary N) is 1. The van der Waals surface area contributed by atoms with Crippen LogP contribution in [0.25, 0.3) is 0 Å². The summed E-state index contributed by atoms with van der Waals surface area (Å²) < 4.78 is 10.2. The number of anilines is 1. The minimum absolute atomic E-state index is 0.0197. The fourth-order valence-corrected chi connectivity index (χ4v) is 1.74. The van der Waals surface area contributed by atoms with E-state index in [-0.39, 0.29) is 23.8 Å². The zero-order valence-electron chi connectivity index (χ0n) is 12.3. The van der Waals surface area contributed by atoms with Crippen LogP contribution in [0.15, 0.2) is 18.2 Å². The normalized spacial score (nSPS) is 10.2. The van der Waals surface area contributed by atoms with Gasteiger partial charge >= 0.3 is 5.97 Å². The van der Waals surface area contributed by atoms with Crippen molar-refractivity contribution in [1.82, 2.24) is 0 Å². The Kier molecular flexibility index (Phi) is 7.25. The molecule has 0 aliphatic carbocycles. The molecule has 0 aliphatic heterocycles. The van der Waals surface area contributed by atoms with E-state index in [0.717, 1.165) is 19.3 Å². The second-order valence-electron chi connectivity index (χ2n) is 4.52. The lowest BCUT2D eigenvalue weighted by Crippen LogP contribution is -2.20. The first kappa shape index (κ1) is 17.0. The van der Waals surface area contributed by atoms with Crippen LogP contribution in [-0.4, -0.2) is 37.3 Å². The second-order valence-corrected chi connectivity index (χ2v) is 4.52. The molecule has 0 saturated carbocycles. The molecule has 1 rings (SSSR count). The van der Waals surface area contributed by atoms with Crippen molar-refractivity contribution in [2.24, 2.45) is 0 Å². The van der Waals surface area contributed by atoms with Crippen molar-refractivity contribution in [3.63, 3.8) is 0 Å². The Balaban J connectivity index is 2.57. The molecule has 0 aromatic heterocycles. The van der Waals surface area contributed by atoms with Crippen LogP contribution in [0, 0.1) is 0 Å². The average molecular weight is 295 g/mol. The molecule has 0 saturated heterocycles. The first-order chi connectivity index (χ1) is 10.1. The average Bonchev–Trinajstić information content (AvgIpc) is 2.47. The van der Waals surface area contributed by atoms with Crippen molar-refractivity contribution >= 4 is 17.6 Å². The third-order valence-electron chi connectivity index (χ3n) is 2.86. The van der Waals surface area contributed by atoms with E-state index in [1.807, 2.05) is 0 Å². The molecule has 6 heteroatoms. The molecule has 1 aromatic rings. The van der Waals surface area contributed by atoms with Crippen molar-refractivity contribution in [3.05, 3.63) is 23.8 Å². The molecular formula is C15H21NO5. The second kappa shape index (κ2) is 8.97. The van der Waals surface area contributed by atoms with Crippen molar-refractivity contribution in [3.8, 4) is 5.75 Å². The van der Waals surface area contributed by atoms with Crippen LogP contribution >= 0.6 is 0 Å². The number of hydrogen-bond donors (Lipinski definition) is 2. The van der Waals surface area contributed by atoms with Crippen LogP contribution in [0.5, 0.6) is 5.75 Å². The highest BCUT2D eigenvalue weighted by Crippen LogP contribution is 2.22. The van der Waals surface area contributed by atoms with Gasteiger partial charge in [0.15, 0.2) is 0 Å². The Labute approximate surface area is 124 Å². The maximum absolute atomic E-state index is 11.7. The Morgan fingerprint density at radius 3 is 2.67 bits per heavy atom. The van der Waals surface area contributed by atoms with E-state index in [2.05, 4.69) is 12.2 Å². The van der Waals surface area contributed by atoms with Gasteiger partial charge in [-0.2, -0.15) is 0 Å². The van der Waals surface area contributed by atoms with Gasteiger partial charge in [-0.1, -0.05) is 19.8 Å². The SMILES string of the molecule is CCCCCOCC(=O)Nc1ccc(OC)cc1C(=O)O. The number of carboxylic acid groups (broad SMARTS) is 1. The van der Waals surface area contributed by atoms with E-state index in [1.54, 1.807) is 6.07 Å². The molecule has 0 aliphatic rings. The van der Waals surface area contributed by atoms with Gasteiger partial charge in [0.25, 0.3) is 0 Å². The Morgan fingerprint density at radius 1 is 1.29 bits per heavy atom. The number of benzene rings is 1. The fourth-order valence-electron chi connectivity index (χ4n) is 1.74. The van der Waals surface area contributed by atoms with Crippen LogP contribution in [0.3, 0.4) is 0 Å². The number of ether oxygens (including phenoxy) is 2. The van der Waals surface area contributed by atoms with Gasteiger partial charge < -0.3 is 19.9 Å². The van der Waals surface area contributed by atoms with Crippen LogP contribution in [0.2, 0.25) is 0 Å². The summed E-state index contributed by atoms with van der Waals surface area (Å²) in [6.07, 6.45) is 3.05. The summed E-state index contributed by atoms with van der Waals surface area (Å²) in [5.74, 6) is -1.09. The number of hydrogen-bond acceptors (Lipinski definition) is 4. The molecule has 0 radical (unpaired) electrons. The van der Waals surface area contributed by atoms with Gasteiger partial charge in [0.05, 0.1) is 18.4 Å². The van der Waals surface area contributed by atoms with Crippen molar-refractivity contribution in [2.45, 2.75) is 26.2 Å². The van der Waals surface area contributed by atoms with Crippen molar-refractivity contribution in [1.29, 1.82) is 0 Å². The summed E-state index contributed by atoms with van der Waals surface area (Å²) in [6.45, 7) is 2.52. The van der Waals surface area contributed by atoms with Gasteiger partial charge in [-0.25, -0.2) is 4.79 Å². The van der Waals surface area contributed by atoms with Gasteiger partial charge in [0.1, 0.15) is 12.4 Å². The van der Waals surface area contributed by atoms with Crippen LogP contribution in [0.4, 0.5) is 5.69 Å². The number of unbranched alkanes of at least 4 members (excludes halogenated alkanes) is 2. The number of carbonyl (C=O) groups is 2. The molecule has 0 fully saturated rings. The molecule has 6 nitrogen and oxygen atoms in total. The summed E-state index contributed by atoms with van der Waals surface area (Å²) in [7, 11) is 1.45. The molecule has 116 valence electrons. The minimum Gasteiger partial charge on any atom is -0.497 e. The predicted molar refractivity (Wildman–Crippen MR) is 78.9 cm³/mol. The molecule has 0 bridgehead atoms. The smallest absolute Gasteiger partial charge is 0.337 e. The van der Waals surface area contributed by atoms with E-state index in [1.165, 1.54) is 19.2 Å². The van der Waals surface area contributed by atoms with Gasteiger partial charge in [0.2, 0.25) is 5.91 Å². The van der Waals surface area contributed by atoms with Crippen molar-refractivity contribution < 1.29 is 24.2 Å². The number of methoxy groups -OCH3 is 1. The van der Waals surface area contributed by atoms with E-state index < -0.39 is 5.97 Å². The lowest BCUT2D eigenvalue weighted by Gasteiger charge is -2.10. The Morgan fingerprint density at radius 2 is 2.05 bits per heavy atom. The van der Waals surface area contributed by atoms with E-state index in [9.17, 15) is 9.59 Å². The molecule has 0 atom stereocenters. The first-order valence-corrected chi connectivity index (χ1v) is 6.87. The Bertz CT molecular complexity index is 487. The molecular weight excluding hydrogens is 274 g/mol. The highest BCUT2D eigenvalue weighted by Gasteiger charge is 2.13. The third kappa shape index (κ3) is 5.83. The van der Waals surface area contributed by atoms with Gasteiger partial charge in [-0.15, -0.1) is 0 Å². The number of carbonyl (C=O) groups excluding carboxylic acids is 1. The topological polar surface area (TPSA) is 84.9 Å². The summed E-state index contributed by atoms with van der Waals surface area (Å²) in [5.41, 5.74) is 0.208. The zero-order valence-corrected chi connectivity index (χ0v) is 12.3. The summed E-state index contributed by atoms with van der Waals surface area (Å²) in [5, 5.41) is 11.7. The zero-order chi connectivity index (χ0) is 15.7. The number of rotatable bonds is 9. The lowest BCUT2D eigenvalue weighted by atomic mass is 10.1.